The number of ether oxygens (including phenoxy) is 1. The van der Waals surface area contributed by atoms with Gasteiger partial charge in [-0.1, -0.05) is 50.2 Å². The van der Waals surface area contributed by atoms with Gasteiger partial charge in [-0.3, -0.25) is 4.79 Å². The van der Waals surface area contributed by atoms with E-state index in [4.69, 9.17) is 4.74 Å². The van der Waals surface area contributed by atoms with E-state index in [2.05, 4.69) is 60.1 Å². The predicted octanol–water partition coefficient (Wildman–Crippen LogP) is 4.30. The van der Waals surface area contributed by atoms with Crippen molar-refractivity contribution in [2.24, 2.45) is 0 Å². The Morgan fingerprint density at radius 3 is 2.28 bits per heavy atom. The van der Waals surface area contributed by atoms with E-state index in [9.17, 15) is 4.79 Å². The molecule has 6 heteroatoms. The maximum absolute atomic E-state index is 12.6. The van der Waals surface area contributed by atoms with Crippen LogP contribution in [0.2, 0.25) is 0 Å². The molecular formula is C26H30N4O2. The van der Waals surface area contributed by atoms with E-state index in [1.807, 2.05) is 41.3 Å². The summed E-state index contributed by atoms with van der Waals surface area (Å²) >= 11 is 0. The predicted molar refractivity (Wildman–Crippen MR) is 127 cm³/mol. The number of rotatable bonds is 6. The Hall–Kier alpha value is -3.41. The van der Waals surface area contributed by atoms with Gasteiger partial charge >= 0.3 is 0 Å². The molecule has 4 rings (SSSR count). The third kappa shape index (κ3) is 5.07. The largest absolute Gasteiger partial charge is 0.484 e. The quantitative estimate of drug-likeness (QED) is 0.583. The maximum Gasteiger partial charge on any atom is 0.260 e. The van der Waals surface area contributed by atoms with Crippen molar-refractivity contribution in [1.29, 1.82) is 0 Å². The molecule has 1 amide bonds. The smallest absolute Gasteiger partial charge is 0.260 e. The second kappa shape index (κ2) is 9.81. The monoisotopic (exact) mass is 430 g/mol. The van der Waals surface area contributed by atoms with Crippen LogP contribution in [0.15, 0.2) is 60.7 Å². The van der Waals surface area contributed by atoms with Gasteiger partial charge in [-0.05, 0) is 48.2 Å². The molecule has 166 valence electrons. The van der Waals surface area contributed by atoms with Crippen LogP contribution in [0.5, 0.6) is 5.75 Å². The topological polar surface area (TPSA) is 58.6 Å². The summed E-state index contributed by atoms with van der Waals surface area (Å²) < 4.78 is 5.70. The summed E-state index contributed by atoms with van der Waals surface area (Å²) in [6, 6.07) is 20.2. The number of piperazine rings is 1. The number of carbonyl (C=O) groups excluding carboxylic acids is 1. The molecule has 0 unspecified atom stereocenters. The molecule has 1 fully saturated rings. The molecule has 0 N–H and O–H groups in total. The summed E-state index contributed by atoms with van der Waals surface area (Å²) in [5.41, 5.74) is 4.41. The zero-order valence-electron chi connectivity index (χ0n) is 19.0. The molecule has 0 radical (unpaired) electrons. The van der Waals surface area contributed by atoms with Gasteiger partial charge in [0.25, 0.3) is 5.91 Å². The van der Waals surface area contributed by atoms with Crippen LogP contribution in [0.4, 0.5) is 5.82 Å². The van der Waals surface area contributed by atoms with E-state index in [0.29, 0.717) is 19.0 Å². The number of hydrogen-bond donors (Lipinski definition) is 0. The average Bonchev–Trinajstić information content (AvgIpc) is 2.83. The van der Waals surface area contributed by atoms with E-state index in [1.165, 1.54) is 11.1 Å². The van der Waals surface area contributed by atoms with Gasteiger partial charge in [-0.25, -0.2) is 0 Å². The first kappa shape index (κ1) is 21.8. The minimum atomic E-state index is 0.0126. The molecule has 0 saturated carbocycles. The van der Waals surface area contributed by atoms with Crippen LogP contribution >= 0.6 is 0 Å². The molecule has 1 saturated heterocycles. The zero-order chi connectivity index (χ0) is 22.5. The molecular weight excluding hydrogens is 400 g/mol. The first-order valence-electron chi connectivity index (χ1n) is 11.2. The summed E-state index contributed by atoms with van der Waals surface area (Å²) in [5.74, 6) is 2.06. The van der Waals surface area contributed by atoms with Crippen molar-refractivity contribution in [3.8, 4) is 17.0 Å². The lowest BCUT2D eigenvalue weighted by Gasteiger charge is -2.35. The van der Waals surface area contributed by atoms with Crippen LogP contribution in [0.3, 0.4) is 0 Å². The Kier molecular flexibility index (Phi) is 6.69. The molecule has 1 aliphatic heterocycles. The molecule has 3 aromatic rings. The van der Waals surface area contributed by atoms with Crippen molar-refractivity contribution < 1.29 is 9.53 Å². The van der Waals surface area contributed by atoms with Crippen molar-refractivity contribution in [3.05, 3.63) is 71.8 Å². The van der Waals surface area contributed by atoms with Crippen molar-refractivity contribution in [2.45, 2.75) is 26.7 Å². The molecule has 1 aliphatic rings. The lowest BCUT2D eigenvalue weighted by Crippen LogP contribution is -2.50. The minimum absolute atomic E-state index is 0.0126. The molecule has 0 bridgehead atoms. The standard InChI is InChI=1S/C26H30N4O2/c1-19(2)21-8-10-22(11-9-21)32-18-26(31)30-16-14-29(15-17-30)25-13-12-24(27-28-25)23-7-5-4-6-20(23)3/h4-13,19H,14-18H2,1-3H3. The van der Waals surface area contributed by atoms with Crippen molar-refractivity contribution >= 4 is 11.7 Å². The molecule has 32 heavy (non-hydrogen) atoms. The Balaban J connectivity index is 1.28. The van der Waals surface area contributed by atoms with Gasteiger partial charge < -0.3 is 14.5 Å². The second-order valence-corrected chi connectivity index (χ2v) is 8.47. The number of anilines is 1. The average molecular weight is 431 g/mol. The number of hydrogen-bond acceptors (Lipinski definition) is 5. The van der Waals surface area contributed by atoms with Crippen LogP contribution < -0.4 is 9.64 Å². The van der Waals surface area contributed by atoms with Crippen molar-refractivity contribution in [3.63, 3.8) is 0 Å². The summed E-state index contributed by atoms with van der Waals surface area (Å²) in [6.07, 6.45) is 0. The van der Waals surface area contributed by atoms with Crippen LogP contribution in [0.25, 0.3) is 11.3 Å². The lowest BCUT2D eigenvalue weighted by atomic mass is 10.0. The first-order valence-corrected chi connectivity index (χ1v) is 11.2. The number of aromatic nitrogens is 2. The number of amides is 1. The Morgan fingerprint density at radius 2 is 1.66 bits per heavy atom. The van der Waals surface area contributed by atoms with Gasteiger partial charge in [0, 0.05) is 31.7 Å². The highest BCUT2D eigenvalue weighted by Crippen LogP contribution is 2.22. The Morgan fingerprint density at radius 1 is 0.938 bits per heavy atom. The third-order valence-electron chi connectivity index (χ3n) is 5.94. The lowest BCUT2D eigenvalue weighted by molar-refractivity contribution is -0.133. The van der Waals surface area contributed by atoms with E-state index >= 15 is 0 Å². The Labute approximate surface area is 189 Å². The van der Waals surface area contributed by atoms with Gasteiger partial charge in [-0.15, -0.1) is 10.2 Å². The van der Waals surface area contributed by atoms with Crippen LogP contribution in [-0.2, 0) is 4.79 Å². The summed E-state index contributed by atoms with van der Waals surface area (Å²) in [4.78, 5) is 16.6. The van der Waals surface area contributed by atoms with E-state index in [0.717, 1.165) is 35.9 Å². The molecule has 2 heterocycles. The second-order valence-electron chi connectivity index (χ2n) is 8.47. The Bertz CT molecular complexity index is 1040. The van der Waals surface area contributed by atoms with Gasteiger partial charge in [0.05, 0.1) is 5.69 Å². The molecule has 0 spiro atoms. The van der Waals surface area contributed by atoms with Crippen LogP contribution in [-0.4, -0.2) is 53.8 Å². The fourth-order valence-corrected chi connectivity index (χ4v) is 3.87. The summed E-state index contributed by atoms with van der Waals surface area (Å²) in [6.45, 7) is 9.20. The van der Waals surface area contributed by atoms with Gasteiger partial charge in [0.1, 0.15) is 5.75 Å². The number of aryl methyl sites for hydroxylation is 1. The molecule has 2 aromatic carbocycles. The van der Waals surface area contributed by atoms with Gasteiger partial charge in [-0.2, -0.15) is 0 Å². The maximum atomic E-state index is 12.6. The number of carbonyl (C=O) groups is 1. The fraction of sp³-hybridized carbons (Fsp3) is 0.346. The third-order valence-corrected chi connectivity index (χ3v) is 5.94. The molecule has 6 nitrogen and oxygen atoms in total. The van der Waals surface area contributed by atoms with E-state index < -0.39 is 0 Å². The normalized spacial score (nSPS) is 14.0. The SMILES string of the molecule is Cc1ccccc1-c1ccc(N2CCN(C(=O)COc3ccc(C(C)C)cc3)CC2)nn1. The van der Waals surface area contributed by atoms with E-state index in [-0.39, 0.29) is 12.5 Å². The zero-order valence-corrected chi connectivity index (χ0v) is 19.0. The van der Waals surface area contributed by atoms with Crippen molar-refractivity contribution in [1.82, 2.24) is 15.1 Å². The van der Waals surface area contributed by atoms with Crippen molar-refractivity contribution in [2.75, 3.05) is 37.7 Å². The highest BCUT2D eigenvalue weighted by molar-refractivity contribution is 5.78. The molecule has 0 atom stereocenters. The van der Waals surface area contributed by atoms with Crippen LogP contribution in [0.1, 0.15) is 30.9 Å². The first-order chi connectivity index (χ1) is 15.5. The number of nitrogens with zero attached hydrogens (tertiary/aromatic N) is 4. The summed E-state index contributed by atoms with van der Waals surface area (Å²) in [7, 11) is 0. The molecule has 1 aromatic heterocycles. The van der Waals surface area contributed by atoms with E-state index in [1.54, 1.807) is 0 Å². The summed E-state index contributed by atoms with van der Waals surface area (Å²) in [5, 5.41) is 8.86. The highest BCUT2D eigenvalue weighted by Gasteiger charge is 2.22. The minimum Gasteiger partial charge on any atom is -0.484 e. The van der Waals surface area contributed by atoms with Gasteiger partial charge in [0.15, 0.2) is 12.4 Å². The number of benzene rings is 2. The van der Waals surface area contributed by atoms with Gasteiger partial charge in [0.2, 0.25) is 0 Å². The highest BCUT2D eigenvalue weighted by atomic mass is 16.5. The van der Waals surface area contributed by atoms with Crippen LogP contribution in [0, 0.1) is 6.92 Å². The molecule has 0 aliphatic carbocycles. The fourth-order valence-electron chi connectivity index (χ4n) is 3.87.